The van der Waals surface area contributed by atoms with Crippen LogP contribution in [0.25, 0.3) is 5.69 Å². The van der Waals surface area contributed by atoms with Crippen molar-refractivity contribution in [2.75, 3.05) is 4.90 Å². The minimum Gasteiger partial charge on any atom is -0.506 e. The van der Waals surface area contributed by atoms with Gasteiger partial charge in [0, 0.05) is 28.3 Å². The van der Waals surface area contributed by atoms with Crippen molar-refractivity contribution >= 4 is 34.6 Å². The van der Waals surface area contributed by atoms with Crippen LogP contribution < -0.4 is 10.2 Å². The summed E-state index contributed by atoms with van der Waals surface area (Å²) in [4.78, 5) is 6.58. The van der Waals surface area contributed by atoms with E-state index in [4.69, 9.17) is 23.8 Å². The number of para-hydroxylation sites is 1. The lowest BCUT2D eigenvalue weighted by Gasteiger charge is -2.29. The lowest BCUT2D eigenvalue weighted by molar-refractivity contribution is 0.472. The third-order valence-corrected chi connectivity index (χ3v) is 6.99. The lowest BCUT2D eigenvalue weighted by Crippen LogP contribution is -2.29. The molecule has 7 heteroatoms. The Balaban J connectivity index is 1.72. The van der Waals surface area contributed by atoms with Crippen molar-refractivity contribution in [1.29, 1.82) is 0 Å². The standard InChI is InChI=1S/C27H25ClN4OS/c1-16-8-4-5-10-22(16)31-17(2)14-20(18(31)3)26-25(21-9-6-7-13-29-21)30-27(34)32(26)23-15-19(28)11-12-24(23)33/h4-15,25-26,33H,1-3H3,(H,30,34)/t25-,26-/m1/s1. The summed E-state index contributed by atoms with van der Waals surface area (Å²) < 4.78 is 2.28. The number of aromatic hydroxyl groups is 1. The van der Waals surface area contributed by atoms with E-state index in [2.05, 4.69) is 59.9 Å². The Morgan fingerprint density at radius 1 is 0.971 bits per heavy atom. The van der Waals surface area contributed by atoms with Gasteiger partial charge in [0.15, 0.2) is 5.11 Å². The van der Waals surface area contributed by atoms with E-state index >= 15 is 0 Å². The van der Waals surface area contributed by atoms with E-state index in [1.165, 1.54) is 5.56 Å². The average molecular weight is 489 g/mol. The van der Waals surface area contributed by atoms with E-state index < -0.39 is 0 Å². The van der Waals surface area contributed by atoms with Gasteiger partial charge in [0.05, 0.1) is 23.5 Å². The van der Waals surface area contributed by atoms with Crippen LogP contribution in [0.4, 0.5) is 5.69 Å². The van der Waals surface area contributed by atoms with E-state index in [0.29, 0.717) is 15.8 Å². The number of nitrogens with one attached hydrogen (secondary N) is 1. The Labute approximate surface area is 209 Å². The molecule has 0 spiro atoms. The first-order valence-electron chi connectivity index (χ1n) is 11.1. The summed E-state index contributed by atoms with van der Waals surface area (Å²) >= 11 is 12.1. The molecule has 5 nitrogen and oxygen atoms in total. The van der Waals surface area contributed by atoms with Gasteiger partial charge in [-0.3, -0.25) is 4.98 Å². The molecule has 2 N–H and O–H groups in total. The van der Waals surface area contributed by atoms with Crippen LogP contribution in [0.1, 0.15) is 40.3 Å². The fourth-order valence-electron chi connectivity index (χ4n) is 4.89. The van der Waals surface area contributed by atoms with E-state index in [0.717, 1.165) is 28.3 Å². The highest BCUT2D eigenvalue weighted by Gasteiger charge is 2.43. The number of phenolic OH excluding ortho intramolecular Hbond substituents is 1. The van der Waals surface area contributed by atoms with Gasteiger partial charge >= 0.3 is 0 Å². The van der Waals surface area contributed by atoms with Gasteiger partial charge in [0.2, 0.25) is 0 Å². The molecular weight excluding hydrogens is 464 g/mol. The highest BCUT2D eigenvalue weighted by atomic mass is 35.5. The number of benzene rings is 2. The number of hydrogen-bond donors (Lipinski definition) is 2. The van der Waals surface area contributed by atoms with E-state index in [1.807, 2.05) is 29.2 Å². The van der Waals surface area contributed by atoms with E-state index in [9.17, 15) is 5.11 Å². The molecule has 4 aromatic rings. The van der Waals surface area contributed by atoms with Crippen molar-refractivity contribution in [2.45, 2.75) is 32.9 Å². The maximum Gasteiger partial charge on any atom is 0.174 e. The van der Waals surface area contributed by atoms with Gasteiger partial charge in [-0.2, -0.15) is 0 Å². The summed E-state index contributed by atoms with van der Waals surface area (Å²) in [5, 5.41) is 15.3. The number of halogens is 1. The van der Waals surface area contributed by atoms with Crippen LogP contribution in [0.3, 0.4) is 0 Å². The highest BCUT2D eigenvalue weighted by molar-refractivity contribution is 7.80. The van der Waals surface area contributed by atoms with Crippen molar-refractivity contribution in [3.8, 4) is 11.4 Å². The topological polar surface area (TPSA) is 53.3 Å². The summed E-state index contributed by atoms with van der Waals surface area (Å²) in [5.74, 6) is 0.118. The summed E-state index contributed by atoms with van der Waals surface area (Å²) in [5.41, 5.74) is 7.10. The van der Waals surface area contributed by atoms with Gasteiger partial charge in [-0.1, -0.05) is 35.9 Å². The van der Waals surface area contributed by atoms with E-state index in [1.54, 1.807) is 24.4 Å². The minimum atomic E-state index is -0.240. The Morgan fingerprint density at radius 3 is 2.47 bits per heavy atom. The quantitative estimate of drug-likeness (QED) is 0.328. The number of aromatic nitrogens is 2. The van der Waals surface area contributed by atoms with E-state index in [-0.39, 0.29) is 17.8 Å². The fraction of sp³-hybridized carbons (Fsp3) is 0.185. The molecule has 0 aliphatic carbocycles. The highest BCUT2D eigenvalue weighted by Crippen LogP contribution is 2.46. The molecule has 0 radical (unpaired) electrons. The molecular formula is C27H25ClN4OS. The van der Waals surface area contributed by atoms with Gasteiger partial charge in [-0.05, 0) is 86.6 Å². The van der Waals surface area contributed by atoms with Crippen molar-refractivity contribution in [3.05, 3.63) is 106 Å². The molecule has 34 heavy (non-hydrogen) atoms. The number of rotatable bonds is 4. The fourth-order valence-corrected chi connectivity index (χ4v) is 5.40. The predicted molar refractivity (Wildman–Crippen MR) is 141 cm³/mol. The number of aryl methyl sites for hydroxylation is 2. The third-order valence-electron chi connectivity index (χ3n) is 6.44. The summed E-state index contributed by atoms with van der Waals surface area (Å²) in [6, 6.07) is 21.0. The number of anilines is 1. The van der Waals surface area contributed by atoms with Crippen LogP contribution in [0, 0.1) is 20.8 Å². The largest absolute Gasteiger partial charge is 0.506 e. The first-order valence-corrected chi connectivity index (χ1v) is 11.9. The molecule has 0 saturated carbocycles. The van der Waals surface area contributed by atoms with Crippen LogP contribution >= 0.6 is 23.8 Å². The Kier molecular flexibility index (Phi) is 5.80. The van der Waals surface area contributed by atoms with Gasteiger partial charge in [-0.15, -0.1) is 0 Å². The molecule has 1 fully saturated rings. The van der Waals surface area contributed by atoms with Gasteiger partial charge in [-0.25, -0.2) is 0 Å². The maximum atomic E-state index is 10.8. The molecule has 0 unspecified atom stereocenters. The molecule has 0 bridgehead atoms. The number of thiocarbonyl (C=S) groups is 1. The minimum absolute atomic E-state index is 0.118. The molecule has 2 atom stereocenters. The van der Waals surface area contributed by atoms with Crippen molar-refractivity contribution < 1.29 is 5.11 Å². The molecule has 0 amide bonds. The van der Waals surface area contributed by atoms with Crippen molar-refractivity contribution in [2.24, 2.45) is 0 Å². The van der Waals surface area contributed by atoms with Gasteiger partial charge in [0.25, 0.3) is 0 Å². The van der Waals surface area contributed by atoms with Crippen molar-refractivity contribution in [3.63, 3.8) is 0 Å². The zero-order chi connectivity index (χ0) is 24.0. The normalized spacial score (nSPS) is 17.8. The number of pyridine rings is 1. The van der Waals surface area contributed by atoms with Gasteiger partial charge < -0.3 is 19.9 Å². The Hall–Kier alpha value is -3.35. The van der Waals surface area contributed by atoms with Crippen LogP contribution in [-0.4, -0.2) is 19.8 Å². The molecule has 2 aromatic heterocycles. The molecule has 1 aliphatic rings. The second-order valence-electron chi connectivity index (χ2n) is 8.58. The van der Waals surface area contributed by atoms with Crippen LogP contribution in [0.2, 0.25) is 5.02 Å². The van der Waals surface area contributed by atoms with Crippen molar-refractivity contribution in [1.82, 2.24) is 14.9 Å². The second kappa shape index (κ2) is 8.78. The van der Waals surface area contributed by atoms with Crippen LogP contribution in [0.15, 0.2) is 72.9 Å². The monoisotopic (exact) mass is 488 g/mol. The Morgan fingerprint density at radius 2 is 1.74 bits per heavy atom. The molecule has 5 rings (SSSR count). The maximum absolute atomic E-state index is 10.8. The molecule has 1 saturated heterocycles. The van der Waals surface area contributed by atoms with Crippen LogP contribution in [0.5, 0.6) is 5.75 Å². The smallest absolute Gasteiger partial charge is 0.174 e. The number of hydrogen-bond acceptors (Lipinski definition) is 3. The first-order chi connectivity index (χ1) is 16.4. The molecule has 2 aromatic carbocycles. The summed E-state index contributed by atoms with van der Waals surface area (Å²) in [6.07, 6.45) is 1.78. The number of phenols is 1. The zero-order valence-corrected chi connectivity index (χ0v) is 20.7. The summed E-state index contributed by atoms with van der Waals surface area (Å²) in [7, 11) is 0. The molecule has 172 valence electrons. The lowest BCUT2D eigenvalue weighted by atomic mass is 9.96. The Bertz CT molecular complexity index is 1380. The second-order valence-corrected chi connectivity index (χ2v) is 9.40. The molecule has 3 heterocycles. The first kappa shape index (κ1) is 22.4. The number of nitrogens with zero attached hydrogens (tertiary/aromatic N) is 3. The molecule has 1 aliphatic heterocycles. The SMILES string of the molecule is Cc1ccccc1-n1c(C)cc([C@@H]2[C@@H](c3ccccn3)NC(=S)N2c2cc(Cl)ccc2O)c1C. The van der Waals surface area contributed by atoms with Gasteiger partial charge in [0.1, 0.15) is 5.75 Å². The summed E-state index contributed by atoms with van der Waals surface area (Å²) in [6.45, 7) is 6.36. The van der Waals surface area contributed by atoms with Crippen LogP contribution in [-0.2, 0) is 0 Å². The zero-order valence-electron chi connectivity index (χ0n) is 19.2. The predicted octanol–water partition coefficient (Wildman–Crippen LogP) is 6.33. The third kappa shape index (κ3) is 3.73. The average Bonchev–Trinajstić information content (AvgIpc) is 3.32.